The number of hydrogen-bond donors (Lipinski definition) is 1. The van der Waals surface area contributed by atoms with Crippen molar-refractivity contribution in [3.8, 4) is 5.75 Å². The Bertz CT molecular complexity index is 1200. The molecular weight excluding hydrogens is 374 g/mol. The number of benzene rings is 2. The number of ether oxygens (including phenoxy) is 1. The smallest absolute Gasteiger partial charge is 0.254 e. The van der Waals surface area contributed by atoms with Crippen molar-refractivity contribution in [2.75, 3.05) is 12.4 Å². The number of hydrogen-bond acceptors (Lipinski definition) is 5. The fourth-order valence-corrected chi connectivity index (χ4v) is 4.01. The van der Waals surface area contributed by atoms with Gasteiger partial charge in [-0.05, 0) is 50.3 Å². The maximum atomic E-state index is 5.38. The SMILES string of the molecule is COc1cccc(Nc2c3c(nc4nc(Cc5ccc(C)cc5)nn24)CCCC3)c1. The first-order chi connectivity index (χ1) is 14.7. The zero-order chi connectivity index (χ0) is 20.5. The zero-order valence-corrected chi connectivity index (χ0v) is 17.4. The molecule has 2 aromatic heterocycles. The van der Waals surface area contributed by atoms with Gasteiger partial charge in [0.15, 0.2) is 5.82 Å². The highest BCUT2D eigenvalue weighted by molar-refractivity contribution is 5.64. The molecule has 0 amide bonds. The molecule has 0 saturated heterocycles. The van der Waals surface area contributed by atoms with Gasteiger partial charge >= 0.3 is 0 Å². The number of aromatic nitrogens is 4. The van der Waals surface area contributed by atoms with E-state index in [9.17, 15) is 0 Å². The summed E-state index contributed by atoms with van der Waals surface area (Å²) in [5.41, 5.74) is 5.78. The second-order valence-electron chi connectivity index (χ2n) is 7.85. The minimum atomic E-state index is 0.656. The first-order valence-electron chi connectivity index (χ1n) is 10.4. The highest BCUT2D eigenvalue weighted by Crippen LogP contribution is 2.30. The predicted octanol–water partition coefficient (Wildman–Crippen LogP) is 4.65. The Morgan fingerprint density at radius 2 is 1.87 bits per heavy atom. The average molecular weight is 399 g/mol. The Kier molecular flexibility index (Phi) is 4.83. The summed E-state index contributed by atoms with van der Waals surface area (Å²) in [6, 6.07) is 16.5. The summed E-state index contributed by atoms with van der Waals surface area (Å²) >= 11 is 0. The Labute approximate surface area is 176 Å². The van der Waals surface area contributed by atoms with E-state index in [1.54, 1.807) is 7.11 Å². The van der Waals surface area contributed by atoms with E-state index in [2.05, 4.69) is 36.5 Å². The van der Waals surface area contributed by atoms with Crippen molar-refractivity contribution in [2.45, 2.75) is 39.0 Å². The molecule has 0 saturated carbocycles. The first-order valence-corrected chi connectivity index (χ1v) is 10.4. The molecule has 2 aromatic carbocycles. The van der Waals surface area contributed by atoms with Crippen LogP contribution in [0.2, 0.25) is 0 Å². The lowest BCUT2D eigenvalue weighted by molar-refractivity contribution is 0.415. The molecule has 0 aliphatic heterocycles. The number of nitrogens with zero attached hydrogens (tertiary/aromatic N) is 4. The van der Waals surface area contributed by atoms with E-state index in [4.69, 9.17) is 19.8 Å². The molecule has 0 bridgehead atoms. The van der Waals surface area contributed by atoms with E-state index in [1.165, 1.54) is 23.1 Å². The molecule has 0 atom stereocenters. The topological polar surface area (TPSA) is 64.3 Å². The lowest BCUT2D eigenvalue weighted by atomic mass is 9.96. The van der Waals surface area contributed by atoms with Crippen LogP contribution in [0.1, 0.15) is 41.1 Å². The van der Waals surface area contributed by atoms with Crippen molar-refractivity contribution in [1.82, 2.24) is 19.6 Å². The van der Waals surface area contributed by atoms with Crippen LogP contribution in [0.15, 0.2) is 48.5 Å². The molecule has 2 heterocycles. The van der Waals surface area contributed by atoms with Gasteiger partial charge in [-0.2, -0.15) is 9.50 Å². The van der Waals surface area contributed by atoms with Crippen molar-refractivity contribution in [1.29, 1.82) is 0 Å². The number of rotatable bonds is 5. The molecule has 0 unspecified atom stereocenters. The van der Waals surface area contributed by atoms with Crippen LogP contribution in [0.4, 0.5) is 11.5 Å². The molecule has 5 rings (SSSR count). The lowest BCUT2D eigenvalue weighted by Gasteiger charge is -2.20. The second kappa shape index (κ2) is 7.78. The third-order valence-corrected chi connectivity index (χ3v) is 5.62. The highest BCUT2D eigenvalue weighted by Gasteiger charge is 2.21. The minimum Gasteiger partial charge on any atom is -0.497 e. The van der Waals surface area contributed by atoms with Crippen molar-refractivity contribution in [3.05, 3.63) is 76.7 Å². The number of fused-ring (bicyclic) bond motifs is 2. The number of nitrogens with one attached hydrogen (secondary N) is 1. The van der Waals surface area contributed by atoms with Gasteiger partial charge in [0.2, 0.25) is 0 Å². The molecule has 1 aliphatic carbocycles. The molecule has 0 spiro atoms. The quantitative estimate of drug-likeness (QED) is 0.529. The lowest BCUT2D eigenvalue weighted by Crippen LogP contribution is -2.13. The number of methoxy groups -OCH3 is 1. The highest BCUT2D eigenvalue weighted by atomic mass is 16.5. The van der Waals surface area contributed by atoms with Crippen LogP contribution >= 0.6 is 0 Å². The van der Waals surface area contributed by atoms with Gasteiger partial charge in [-0.15, -0.1) is 5.10 Å². The van der Waals surface area contributed by atoms with Crippen molar-refractivity contribution >= 4 is 17.3 Å². The standard InChI is InChI=1S/C24H25N5O/c1-16-10-12-17(13-11-16)14-22-27-24-26-21-9-4-3-8-20(21)23(29(24)28-22)25-18-6-5-7-19(15-18)30-2/h5-7,10-13,15,25H,3-4,8-9,14H2,1-2H3. The van der Waals surface area contributed by atoms with Crippen LogP contribution in [-0.4, -0.2) is 26.7 Å². The Morgan fingerprint density at radius 1 is 1.03 bits per heavy atom. The molecule has 6 heteroatoms. The van der Waals surface area contributed by atoms with E-state index in [1.807, 2.05) is 28.8 Å². The third kappa shape index (κ3) is 3.61. The van der Waals surface area contributed by atoms with E-state index in [-0.39, 0.29) is 0 Å². The van der Waals surface area contributed by atoms with Gasteiger partial charge in [0, 0.05) is 23.7 Å². The summed E-state index contributed by atoms with van der Waals surface area (Å²) < 4.78 is 7.25. The molecule has 30 heavy (non-hydrogen) atoms. The Morgan fingerprint density at radius 3 is 2.70 bits per heavy atom. The number of aryl methyl sites for hydroxylation is 2. The minimum absolute atomic E-state index is 0.656. The van der Waals surface area contributed by atoms with E-state index >= 15 is 0 Å². The van der Waals surface area contributed by atoms with Crippen molar-refractivity contribution in [2.24, 2.45) is 0 Å². The zero-order valence-electron chi connectivity index (χ0n) is 17.4. The molecule has 6 nitrogen and oxygen atoms in total. The Hall–Kier alpha value is -3.41. The summed E-state index contributed by atoms with van der Waals surface area (Å²) in [4.78, 5) is 9.60. The van der Waals surface area contributed by atoms with Gasteiger partial charge in [0.05, 0.1) is 12.8 Å². The predicted molar refractivity (Wildman–Crippen MR) is 118 cm³/mol. The molecule has 0 radical (unpaired) electrons. The number of anilines is 2. The van der Waals surface area contributed by atoms with E-state index < -0.39 is 0 Å². The molecule has 0 fully saturated rings. The fourth-order valence-electron chi connectivity index (χ4n) is 4.01. The first kappa shape index (κ1) is 18.6. The summed E-state index contributed by atoms with van der Waals surface area (Å²) in [5.74, 6) is 3.22. The normalized spacial score (nSPS) is 13.3. The summed E-state index contributed by atoms with van der Waals surface area (Å²) in [7, 11) is 1.68. The maximum absolute atomic E-state index is 5.38. The summed E-state index contributed by atoms with van der Waals surface area (Å²) in [5, 5.41) is 8.40. The third-order valence-electron chi connectivity index (χ3n) is 5.62. The maximum Gasteiger partial charge on any atom is 0.254 e. The summed E-state index contributed by atoms with van der Waals surface area (Å²) in [6.45, 7) is 2.10. The second-order valence-corrected chi connectivity index (χ2v) is 7.85. The largest absolute Gasteiger partial charge is 0.497 e. The van der Waals surface area contributed by atoms with Gasteiger partial charge in [-0.3, -0.25) is 0 Å². The molecule has 152 valence electrons. The van der Waals surface area contributed by atoms with Crippen LogP contribution in [0.3, 0.4) is 0 Å². The molecule has 4 aromatic rings. The van der Waals surface area contributed by atoms with Gasteiger partial charge < -0.3 is 10.1 Å². The van der Waals surface area contributed by atoms with Crippen LogP contribution in [0.5, 0.6) is 5.75 Å². The van der Waals surface area contributed by atoms with Crippen LogP contribution in [0.25, 0.3) is 5.78 Å². The van der Waals surface area contributed by atoms with Crippen LogP contribution in [0, 0.1) is 6.92 Å². The average Bonchev–Trinajstić information content (AvgIpc) is 3.17. The van der Waals surface area contributed by atoms with E-state index in [0.717, 1.165) is 48.0 Å². The van der Waals surface area contributed by atoms with Gasteiger partial charge in [0.25, 0.3) is 5.78 Å². The van der Waals surface area contributed by atoms with E-state index in [0.29, 0.717) is 12.2 Å². The van der Waals surface area contributed by atoms with Crippen LogP contribution < -0.4 is 10.1 Å². The molecular formula is C24H25N5O. The summed E-state index contributed by atoms with van der Waals surface area (Å²) in [6.07, 6.45) is 5.00. The van der Waals surface area contributed by atoms with Gasteiger partial charge in [-0.1, -0.05) is 35.9 Å². The molecule has 1 aliphatic rings. The van der Waals surface area contributed by atoms with Crippen molar-refractivity contribution in [3.63, 3.8) is 0 Å². The van der Waals surface area contributed by atoms with Crippen molar-refractivity contribution < 1.29 is 4.74 Å². The monoisotopic (exact) mass is 399 g/mol. The van der Waals surface area contributed by atoms with Gasteiger partial charge in [-0.25, -0.2) is 4.98 Å². The van der Waals surface area contributed by atoms with Crippen LogP contribution in [-0.2, 0) is 19.3 Å². The Balaban J connectivity index is 1.57. The fraction of sp³-hybridized carbons (Fsp3) is 0.292. The molecule has 1 N–H and O–H groups in total. The van der Waals surface area contributed by atoms with Gasteiger partial charge in [0.1, 0.15) is 11.6 Å².